The first-order valence-electron chi connectivity index (χ1n) is 14.5. The van der Waals surface area contributed by atoms with Gasteiger partial charge in [-0.05, 0) is 66.8 Å². The first-order chi connectivity index (χ1) is 18.3. The van der Waals surface area contributed by atoms with Gasteiger partial charge in [0.25, 0.3) is 0 Å². The SMILES string of the molecule is CCOc1cc(CC(=O)NC(CC2CCCCC2)c2ccccc2N2CC(C)CC(C)C2)ccc1C(=O)O. The molecule has 6 heteroatoms. The summed E-state index contributed by atoms with van der Waals surface area (Å²) < 4.78 is 5.55. The van der Waals surface area contributed by atoms with Gasteiger partial charge in [-0.3, -0.25) is 4.79 Å². The highest BCUT2D eigenvalue weighted by Gasteiger charge is 2.28. The van der Waals surface area contributed by atoms with E-state index in [0.717, 1.165) is 25.1 Å². The molecule has 38 heavy (non-hydrogen) atoms. The van der Waals surface area contributed by atoms with Crippen molar-refractivity contribution in [3.05, 3.63) is 59.2 Å². The number of nitrogens with one attached hydrogen (secondary N) is 1. The molecule has 6 nitrogen and oxygen atoms in total. The number of hydrogen-bond donors (Lipinski definition) is 2. The Morgan fingerprint density at radius 1 is 1.05 bits per heavy atom. The molecule has 1 heterocycles. The number of amides is 1. The molecule has 3 unspecified atom stereocenters. The smallest absolute Gasteiger partial charge is 0.339 e. The first-order valence-corrected chi connectivity index (χ1v) is 14.5. The van der Waals surface area contributed by atoms with Crippen LogP contribution in [-0.2, 0) is 11.2 Å². The maximum absolute atomic E-state index is 13.4. The summed E-state index contributed by atoms with van der Waals surface area (Å²) in [5.41, 5.74) is 3.32. The van der Waals surface area contributed by atoms with Crippen LogP contribution < -0.4 is 15.0 Å². The number of carbonyl (C=O) groups excluding carboxylic acids is 1. The number of anilines is 1. The fourth-order valence-corrected chi connectivity index (χ4v) is 6.51. The maximum Gasteiger partial charge on any atom is 0.339 e. The standard InChI is InChI=1S/C32H44N2O4/c1-4-38-30-18-25(14-15-27(30)32(36)37)19-31(35)33-28(17-24-10-6-5-7-11-24)26-12-8-9-13-29(26)34-20-22(2)16-23(3)21-34/h8-9,12-15,18,22-24,28H,4-7,10-11,16-17,19-21H2,1-3H3,(H,33,35)(H,36,37). The molecule has 2 aromatic rings. The molecule has 2 aromatic carbocycles. The molecule has 2 aliphatic rings. The van der Waals surface area contributed by atoms with Crippen molar-refractivity contribution in [2.45, 2.75) is 78.2 Å². The maximum atomic E-state index is 13.4. The molecule has 206 valence electrons. The molecule has 2 fully saturated rings. The van der Waals surface area contributed by atoms with E-state index in [-0.39, 0.29) is 23.9 Å². The van der Waals surface area contributed by atoms with Crippen LogP contribution in [0.15, 0.2) is 42.5 Å². The summed E-state index contributed by atoms with van der Waals surface area (Å²) in [6, 6.07) is 13.5. The first kappa shape index (κ1) is 28.0. The minimum atomic E-state index is -1.03. The summed E-state index contributed by atoms with van der Waals surface area (Å²) in [5, 5.41) is 12.9. The Labute approximate surface area is 227 Å². The lowest BCUT2D eigenvalue weighted by molar-refractivity contribution is -0.121. The van der Waals surface area contributed by atoms with Crippen molar-refractivity contribution >= 4 is 17.6 Å². The number of nitrogens with zero attached hydrogens (tertiary/aromatic N) is 1. The van der Waals surface area contributed by atoms with Crippen molar-refractivity contribution in [3.63, 3.8) is 0 Å². The van der Waals surface area contributed by atoms with E-state index < -0.39 is 5.97 Å². The van der Waals surface area contributed by atoms with Gasteiger partial charge in [0.2, 0.25) is 5.91 Å². The topological polar surface area (TPSA) is 78.9 Å². The predicted molar refractivity (Wildman–Crippen MR) is 152 cm³/mol. The third kappa shape index (κ3) is 7.30. The second-order valence-corrected chi connectivity index (χ2v) is 11.5. The van der Waals surface area contributed by atoms with Crippen LogP contribution in [-0.4, -0.2) is 36.7 Å². The lowest BCUT2D eigenvalue weighted by Gasteiger charge is -2.39. The molecule has 1 saturated carbocycles. The molecule has 4 rings (SSSR count). The number of hydrogen-bond acceptors (Lipinski definition) is 4. The Balaban J connectivity index is 1.57. The Bertz CT molecular complexity index is 1080. The Morgan fingerprint density at radius 2 is 1.76 bits per heavy atom. The summed E-state index contributed by atoms with van der Waals surface area (Å²) in [5.74, 6) is 1.13. The van der Waals surface area contributed by atoms with Gasteiger partial charge in [0.1, 0.15) is 11.3 Å². The average molecular weight is 521 g/mol. The van der Waals surface area contributed by atoms with E-state index in [1.165, 1.54) is 55.8 Å². The van der Waals surface area contributed by atoms with Gasteiger partial charge in [-0.1, -0.05) is 70.2 Å². The quantitative estimate of drug-likeness (QED) is 0.367. The molecular formula is C32H44N2O4. The van der Waals surface area contributed by atoms with Gasteiger partial charge in [0.15, 0.2) is 0 Å². The van der Waals surface area contributed by atoms with E-state index >= 15 is 0 Å². The van der Waals surface area contributed by atoms with Gasteiger partial charge in [-0.15, -0.1) is 0 Å². The van der Waals surface area contributed by atoms with Gasteiger partial charge in [-0.25, -0.2) is 4.79 Å². The second-order valence-electron chi connectivity index (χ2n) is 11.5. The predicted octanol–water partition coefficient (Wildman–Crippen LogP) is 6.64. The number of carboxylic acid groups (broad SMARTS) is 1. The average Bonchev–Trinajstić information content (AvgIpc) is 2.88. The number of ether oxygens (including phenoxy) is 1. The summed E-state index contributed by atoms with van der Waals surface area (Å²) in [6.07, 6.45) is 8.67. The lowest BCUT2D eigenvalue weighted by atomic mass is 9.82. The fourth-order valence-electron chi connectivity index (χ4n) is 6.51. The van der Waals surface area contributed by atoms with Gasteiger partial charge in [0.05, 0.1) is 19.1 Å². The van der Waals surface area contributed by atoms with Crippen LogP contribution in [0.4, 0.5) is 5.69 Å². The van der Waals surface area contributed by atoms with Crippen LogP contribution in [0.25, 0.3) is 0 Å². The zero-order valence-corrected chi connectivity index (χ0v) is 23.2. The third-order valence-corrected chi connectivity index (χ3v) is 8.09. The zero-order valence-electron chi connectivity index (χ0n) is 23.2. The van der Waals surface area contributed by atoms with Gasteiger partial charge < -0.3 is 20.1 Å². The van der Waals surface area contributed by atoms with Crippen LogP contribution in [0, 0.1) is 17.8 Å². The zero-order chi connectivity index (χ0) is 27.1. The van der Waals surface area contributed by atoms with Crippen LogP contribution in [0.5, 0.6) is 5.75 Å². The Kier molecular flexibility index (Phi) is 9.70. The van der Waals surface area contributed by atoms with E-state index in [4.69, 9.17) is 4.74 Å². The highest BCUT2D eigenvalue weighted by molar-refractivity contribution is 5.91. The molecule has 0 aromatic heterocycles. The van der Waals surface area contributed by atoms with Crippen molar-refractivity contribution in [2.75, 3.05) is 24.6 Å². The van der Waals surface area contributed by atoms with E-state index in [1.54, 1.807) is 12.1 Å². The Morgan fingerprint density at radius 3 is 2.45 bits per heavy atom. The molecule has 3 atom stereocenters. The van der Waals surface area contributed by atoms with Crippen LogP contribution in [0.1, 0.15) is 93.2 Å². The molecular weight excluding hydrogens is 476 g/mol. The van der Waals surface area contributed by atoms with Crippen LogP contribution in [0.2, 0.25) is 0 Å². The molecule has 1 aliphatic heterocycles. The number of piperidine rings is 1. The van der Waals surface area contributed by atoms with E-state index in [0.29, 0.717) is 30.1 Å². The number of benzene rings is 2. The highest BCUT2D eigenvalue weighted by atomic mass is 16.5. The van der Waals surface area contributed by atoms with Gasteiger partial charge in [0, 0.05) is 18.8 Å². The minimum absolute atomic E-state index is 0.0495. The molecule has 0 radical (unpaired) electrons. The number of rotatable bonds is 10. The highest BCUT2D eigenvalue weighted by Crippen LogP contribution is 2.37. The summed E-state index contributed by atoms with van der Waals surface area (Å²) in [7, 11) is 0. The minimum Gasteiger partial charge on any atom is -0.493 e. The molecule has 1 saturated heterocycles. The number of carbonyl (C=O) groups is 2. The number of aromatic carboxylic acids is 1. The second kappa shape index (κ2) is 13.2. The van der Waals surface area contributed by atoms with Gasteiger partial charge in [-0.2, -0.15) is 0 Å². The third-order valence-electron chi connectivity index (χ3n) is 8.09. The molecule has 1 aliphatic carbocycles. The van der Waals surface area contributed by atoms with E-state index in [1.807, 2.05) is 6.92 Å². The normalized spacial score (nSPS) is 21.1. The van der Waals surface area contributed by atoms with Crippen LogP contribution in [0.3, 0.4) is 0 Å². The molecule has 0 bridgehead atoms. The van der Waals surface area contributed by atoms with Gasteiger partial charge >= 0.3 is 5.97 Å². The number of para-hydroxylation sites is 1. The lowest BCUT2D eigenvalue weighted by Crippen LogP contribution is -2.40. The Hall–Kier alpha value is -3.02. The summed E-state index contributed by atoms with van der Waals surface area (Å²) in [6.45, 7) is 8.94. The summed E-state index contributed by atoms with van der Waals surface area (Å²) in [4.78, 5) is 27.5. The van der Waals surface area contributed by atoms with Crippen molar-refractivity contribution in [1.29, 1.82) is 0 Å². The van der Waals surface area contributed by atoms with Crippen molar-refractivity contribution in [1.82, 2.24) is 5.32 Å². The molecule has 2 N–H and O–H groups in total. The van der Waals surface area contributed by atoms with Crippen molar-refractivity contribution in [2.24, 2.45) is 17.8 Å². The molecule has 0 spiro atoms. The fraction of sp³-hybridized carbons (Fsp3) is 0.562. The van der Waals surface area contributed by atoms with E-state index in [2.05, 4.69) is 48.3 Å². The largest absolute Gasteiger partial charge is 0.493 e. The van der Waals surface area contributed by atoms with Crippen LogP contribution >= 0.6 is 0 Å². The van der Waals surface area contributed by atoms with Crippen molar-refractivity contribution < 1.29 is 19.4 Å². The van der Waals surface area contributed by atoms with E-state index in [9.17, 15) is 14.7 Å². The molecule has 1 amide bonds. The monoisotopic (exact) mass is 520 g/mol. The van der Waals surface area contributed by atoms with Crippen molar-refractivity contribution in [3.8, 4) is 5.75 Å². The number of carboxylic acids is 1. The summed E-state index contributed by atoms with van der Waals surface area (Å²) >= 11 is 0.